The number of rotatable bonds is 5. The van der Waals surface area contributed by atoms with Gasteiger partial charge >= 0.3 is 0 Å². The SMILES string of the molecule is Cc1cc([C@@H]2[C@H](c3ccccn3)NC(=S)N2Cc2cccnc2)c(C)n1-c1nccs1. The summed E-state index contributed by atoms with van der Waals surface area (Å²) in [5.41, 5.74) is 5.64. The van der Waals surface area contributed by atoms with Gasteiger partial charge in [0.25, 0.3) is 0 Å². The molecule has 2 atom stereocenters. The maximum absolute atomic E-state index is 5.81. The first kappa shape index (κ1) is 19.8. The molecule has 1 N–H and O–H groups in total. The predicted molar refractivity (Wildman–Crippen MR) is 126 cm³/mol. The highest BCUT2D eigenvalue weighted by atomic mass is 32.1. The van der Waals surface area contributed by atoms with Gasteiger partial charge in [-0.3, -0.25) is 14.5 Å². The Balaban J connectivity index is 1.62. The molecule has 1 saturated heterocycles. The van der Waals surface area contributed by atoms with Crippen LogP contribution in [0.4, 0.5) is 0 Å². The molecule has 4 aromatic heterocycles. The number of thiocarbonyl (C=S) groups is 1. The van der Waals surface area contributed by atoms with E-state index in [0.717, 1.165) is 27.2 Å². The number of hydrogen-bond acceptors (Lipinski definition) is 5. The van der Waals surface area contributed by atoms with E-state index in [2.05, 4.69) is 61.8 Å². The summed E-state index contributed by atoms with van der Waals surface area (Å²) in [4.78, 5) is 15.7. The molecule has 6 nitrogen and oxygen atoms in total. The lowest BCUT2D eigenvalue weighted by Gasteiger charge is -2.28. The minimum Gasteiger partial charge on any atom is -0.352 e. The second-order valence-corrected chi connectivity index (χ2v) is 8.85. The Morgan fingerprint density at radius 1 is 1.10 bits per heavy atom. The number of nitrogens with one attached hydrogen (secondary N) is 1. The van der Waals surface area contributed by atoms with Crippen LogP contribution in [0, 0.1) is 13.8 Å². The van der Waals surface area contributed by atoms with Crippen LogP contribution in [-0.4, -0.2) is 29.5 Å². The van der Waals surface area contributed by atoms with E-state index in [4.69, 9.17) is 12.2 Å². The van der Waals surface area contributed by atoms with Crippen LogP contribution >= 0.6 is 23.6 Å². The zero-order valence-electron chi connectivity index (χ0n) is 17.3. The van der Waals surface area contributed by atoms with Crippen molar-refractivity contribution in [3.05, 3.63) is 94.8 Å². The lowest BCUT2D eigenvalue weighted by Crippen LogP contribution is -2.29. The van der Waals surface area contributed by atoms with Gasteiger partial charge in [-0.25, -0.2) is 4.98 Å². The van der Waals surface area contributed by atoms with E-state index < -0.39 is 0 Å². The van der Waals surface area contributed by atoms with Crippen LogP contribution in [0.25, 0.3) is 5.13 Å². The number of aromatic nitrogens is 4. The quantitative estimate of drug-likeness (QED) is 0.455. The lowest BCUT2D eigenvalue weighted by atomic mass is 9.96. The number of pyridine rings is 2. The van der Waals surface area contributed by atoms with Crippen molar-refractivity contribution in [2.45, 2.75) is 32.5 Å². The third-order valence-corrected chi connectivity index (χ3v) is 6.78. The Morgan fingerprint density at radius 2 is 2.00 bits per heavy atom. The van der Waals surface area contributed by atoms with Gasteiger partial charge in [0.2, 0.25) is 0 Å². The fourth-order valence-electron chi connectivity index (χ4n) is 4.31. The summed E-state index contributed by atoms with van der Waals surface area (Å²) in [5.74, 6) is 0. The highest BCUT2D eigenvalue weighted by Crippen LogP contribution is 2.42. The van der Waals surface area contributed by atoms with Crippen LogP contribution in [0.3, 0.4) is 0 Å². The number of aryl methyl sites for hydroxylation is 1. The van der Waals surface area contributed by atoms with Gasteiger partial charge < -0.3 is 10.2 Å². The van der Waals surface area contributed by atoms with Crippen molar-refractivity contribution in [2.24, 2.45) is 0 Å². The van der Waals surface area contributed by atoms with Gasteiger partial charge in [0.15, 0.2) is 10.2 Å². The highest BCUT2D eigenvalue weighted by Gasteiger charge is 2.41. The Labute approximate surface area is 190 Å². The molecule has 0 aliphatic carbocycles. The van der Waals surface area contributed by atoms with Crippen molar-refractivity contribution >= 4 is 28.7 Å². The van der Waals surface area contributed by atoms with Crippen molar-refractivity contribution in [3.63, 3.8) is 0 Å². The lowest BCUT2D eigenvalue weighted by molar-refractivity contribution is 0.310. The van der Waals surface area contributed by atoms with E-state index in [9.17, 15) is 0 Å². The van der Waals surface area contributed by atoms with Gasteiger partial charge in [-0.1, -0.05) is 12.1 Å². The summed E-state index contributed by atoms with van der Waals surface area (Å²) in [7, 11) is 0. The van der Waals surface area contributed by atoms with E-state index in [1.807, 2.05) is 42.2 Å². The molecule has 5 rings (SSSR count). The van der Waals surface area contributed by atoms with E-state index in [0.29, 0.717) is 6.54 Å². The van der Waals surface area contributed by atoms with Crippen LogP contribution in [0.1, 0.15) is 40.3 Å². The standard InChI is InChI=1S/C23H22N6S2/c1-15-12-18(16(2)29(15)23-26-10-11-31-23)21-20(19-7-3-4-9-25-19)27-22(30)28(21)14-17-6-5-8-24-13-17/h3-13,20-21H,14H2,1-2H3,(H,27,30)/t20-,21+/m0/s1. The summed E-state index contributed by atoms with van der Waals surface area (Å²) >= 11 is 7.44. The average molecular weight is 447 g/mol. The summed E-state index contributed by atoms with van der Waals surface area (Å²) in [6.07, 6.45) is 7.36. The fraction of sp³-hybridized carbons (Fsp3) is 0.217. The smallest absolute Gasteiger partial charge is 0.193 e. The van der Waals surface area contributed by atoms with Gasteiger partial charge in [0, 0.05) is 48.1 Å². The van der Waals surface area contributed by atoms with Crippen molar-refractivity contribution in [3.8, 4) is 5.13 Å². The molecule has 4 aromatic rings. The molecule has 0 bridgehead atoms. The molecular weight excluding hydrogens is 424 g/mol. The first-order valence-corrected chi connectivity index (χ1v) is 11.4. The molecule has 5 heterocycles. The Bertz CT molecular complexity index is 1190. The van der Waals surface area contributed by atoms with Crippen molar-refractivity contribution in [1.82, 2.24) is 29.7 Å². The van der Waals surface area contributed by atoms with Crippen LogP contribution in [0.2, 0.25) is 0 Å². The fourth-order valence-corrected chi connectivity index (χ4v) is 5.37. The Hall–Kier alpha value is -3.10. The van der Waals surface area contributed by atoms with Crippen LogP contribution in [0.5, 0.6) is 0 Å². The summed E-state index contributed by atoms with van der Waals surface area (Å²) < 4.78 is 2.22. The molecule has 0 aromatic carbocycles. The molecule has 8 heteroatoms. The molecule has 0 unspecified atom stereocenters. The normalized spacial score (nSPS) is 18.4. The van der Waals surface area contributed by atoms with E-state index in [1.165, 1.54) is 11.3 Å². The molecule has 0 spiro atoms. The van der Waals surface area contributed by atoms with Gasteiger partial charge in [-0.2, -0.15) is 0 Å². The molecule has 156 valence electrons. The molecule has 1 aliphatic heterocycles. The number of thiazole rings is 1. The number of hydrogen-bond donors (Lipinski definition) is 1. The van der Waals surface area contributed by atoms with E-state index in [1.54, 1.807) is 17.5 Å². The third kappa shape index (κ3) is 3.62. The zero-order chi connectivity index (χ0) is 21.4. The summed E-state index contributed by atoms with van der Waals surface area (Å²) in [6, 6.07) is 12.3. The molecule has 31 heavy (non-hydrogen) atoms. The second-order valence-electron chi connectivity index (χ2n) is 7.59. The maximum Gasteiger partial charge on any atom is 0.193 e. The first-order chi connectivity index (χ1) is 15.1. The van der Waals surface area contributed by atoms with Gasteiger partial charge in [0.05, 0.1) is 17.8 Å². The van der Waals surface area contributed by atoms with Gasteiger partial charge in [0.1, 0.15) is 0 Å². The van der Waals surface area contributed by atoms with Gasteiger partial charge in [-0.05, 0) is 61.5 Å². The van der Waals surface area contributed by atoms with Crippen molar-refractivity contribution < 1.29 is 0 Å². The Kier molecular flexibility index (Phi) is 5.25. The minimum absolute atomic E-state index is 0.00233. The molecule has 0 amide bonds. The van der Waals surface area contributed by atoms with E-state index in [-0.39, 0.29) is 12.1 Å². The average Bonchev–Trinajstić information content (AvgIpc) is 3.49. The number of nitrogens with zero attached hydrogens (tertiary/aromatic N) is 5. The monoisotopic (exact) mass is 446 g/mol. The third-order valence-electron chi connectivity index (χ3n) is 5.67. The topological polar surface area (TPSA) is 58.9 Å². The molecular formula is C23H22N6S2. The second kappa shape index (κ2) is 8.20. The first-order valence-electron chi connectivity index (χ1n) is 10.1. The van der Waals surface area contributed by atoms with E-state index >= 15 is 0 Å². The minimum atomic E-state index is -0.0457. The molecule has 1 aliphatic rings. The zero-order valence-corrected chi connectivity index (χ0v) is 18.9. The molecule has 0 saturated carbocycles. The van der Waals surface area contributed by atoms with Gasteiger partial charge in [-0.15, -0.1) is 11.3 Å². The largest absolute Gasteiger partial charge is 0.352 e. The van der Waals surface area contributed by atoms with Crippen molar-refractivity contribution in [1.29, 1.82) is 0 Å². The summed E-state index contributed by atoms with van der Waals surface area (Å²) in [5, 5.41) is 7.24. The Morgan fingerprint density at radius 3 is 2.71 bits per heavy atom. The van der Waals surface area contributed by atoms with Crippen LogP contribution < -0.4 is 5.32 Å². The molecule has 1 fully saturated rings. The van der Waals surface area contributed by atoms with Crippen LogP contribution in [-0.2, 0) is 6.54 Å². The predicted octanol–water partition coefficient (Wildman–Crippen LogP) is 4.51. The maximum atomic E-state index is 5.81. The summed E-state index contributed by atoms with van der Waals surface area (Å²) in [6.45, 7) is 4.96. The molecule has 0 radical (unpaired) electrons. The highest BCUT2D eigenvalue weighted by molar-refractivity contribution is 7.80. The van der Waals surface area contributed by atoms with Crippen LogP contribution in [0.15, 0.2) is 66.6 Å². The van der Waals surface area contributed by atoms with Crippen molar-refractivity contribution in [2.75, 3.05) is 0 Å².